The summed E-state index contributed by atoms with van der Waals surface area (Å²) in [5.74, 6) is 1.85. The molecule has 4 rings (SSSR count). The molecule has 3 heterocycles. The molecule has 0 radical (unpaired) electrons. The Hall–Kier alpha value is -1.85. The zero-order valence-corrected chi connectivity index (χ0v) is 16.2. The highest BCUT2D eigenvalue weighted by Crippen LogP contribution is 2.36. The van der Waals surface area contributed by atoms with Gasteiger partial charge in [-0.2, -0.15) is 5.10 Å². The van der Waals surface area contributed by atoms with E-state index in [1.54, 1.807) is 0 Å². The topological polar surface area (TPSA) is 36.3 Å². The summed E-state index contributed by atoms with van der Waals surface area (Å²) in [6, 6.07) is 11.8. The number of nitrogens with zero attached hydrogens (tertiary/aromatic N) is 4. The third-order valence-electron chi connectivity index (χ3n) is 5.96. The lowest BCUT2D eigenvalue weighted by Gasteiger charge is -2.45. The van der Waals surface area contributed by atoms with E-state index in [-0.39, 0.29) is 0 Å². The van der Waals surface area contributed by atoms with Crippen LogP contribution in [0.15, 0.2) is 36.5 Å². The Bertz CT molecular complexity index is 717. The molecule has 0 aliphatic carbocycles. The second-order valence-corrected chi connectivity index (χ2v) is 7.99. The van der Waals surface area contributed by atoms with Gasteiger partial charge in [0.15, 0.2) is 0 Å². The number of benzene rings is 1. The summed E-state index contributed by atoms with van der Waals surface area (Å²) >= 11 is 0. The third-order valence-corrected chi connectivity index (χ3v) is 5.96. The van der Waals surface area contributed by atoms with Crippen LogP contribution in [-0.2, 0) is 6.67 Å². The van der Waals surface area contributed by atoms with Crippen LogP contribution >= 0.6 is 0 Å². The largest absolute Gasteiger partial charge is 0.340 e. The summed E-state index contributed by atoms with van der Waals surface area (Å²) in [4.78, 5) is 5.17. The predicted molar refractivity (Wildman–Crippen MR) is 106 cm³/mol. The predicted octanol–water partition coefficient (Wildman–Crippen LogP) is 3.56. The van der Waals surface area contributed by atoms with Crippen LogP contribution in [0.25, 0.3) is 0 Å². The van der Waals surface area contributed by atoms with Crippen molar-refractivity contribution in [2.24, 2.45) is 0 Å². The van der Waals surface area contributed by atoms with Gasteiger partial charge in [0.05, 0.1) is 19.5 Å². The lowest BCUT2D eigenvalue weighted by Crippen LogP contribution is -2.53. The Labute approximate surface area is 157 Å². The lowest BCUT2D eigenvalue weighted by atomic mass is 10.0. The summed E-state index contributed by atoms with van der Waals surface area (Å²) in [6.07, 6.45) is 4.50. The summed E-state index contributed by atoms with van der Waals surface area (Å²) < 4.78 is 2.22. The van der Waals surface area contributed by atoms with Crippen LogP contribution in [0.1, 0.15) is 56.7 Å². The fourth-order valence-electron chi connectivity index (χ4n) is 4.29. The smallest absolute Gasteiger partial charge is 0.133 e. The van der Waals surface area contributed by atoms with E-state index in [9.17, 15) is 0 Å². The number of nitrogens with one attached hydrogen (secondary N) is 1. The molecular formula is C21H31N5. The summed E-state index contributed by atoms with van der Waals surface area (Å²) in [5, 5.41) is 8.27. The van der Waals surface area contributed by atoms with E-state index in [1.807, 2.05) is 0 Å². The van der Waals surface area contributed by atoms with Crippen LogP contribution in [0.4, 0.5) is 5.82 Å². The highest BCUT2D eigenvalue weighted by Gasteiger charge is 2.34. The van der Waals surface area contributed by atoms with Gasteiger partial charge < -0.3 is 10.2 Å². The van der Waals surface area contributed by atoms with Crippen molar-refractivity contribution in [3.63, 3.8) is 0 Å². The minimum Gasteiger partial charge on any atom is -0.340 e. The van der Waals surface area contributed by atoms with Crippen molar-refractivity contribution in [2.45, 2.75) is 58.3 Å². The van der Waals surface area contributed by atoms with E-state index in [4.69, 9.17) is 5.10 Å². The van der Waals surface area contributed by atoms with Crippen LogP contribution in [0.5, 0.6) is 0 Å². The van der Waals surface area contributed by atoms with E-state index in [0.717, 1.165) is 26.4 Å². The molecule has 1 aromatic carbocycles. The standard InChI is InChI=1S/C21H31N5/c1-16(2)20-13-23-26-15-24(17(3)18-7-5-4-6-8-18)14-25(21(20)26)19-9-11-22-12-10-19/h4-8,13,16-17,19,22H,9-12,14-15H2,1-3H3. The Balaban J connectivity index is 1.66. The van der Waals surface area contributed by atoms with Crippen LogP contribution in [0, 0.1) is 0 Å². The molecule has 1 atom stereocenters. The van der Waals surface area contributed by atoms with Gasteiger partial charge in [-0.25, -0.2) is 4.68 Å². The van der Waals surface area contributed by atoms with Gasteiger partial charge in [-0.1, -0.05) is 44.2 Å². The molecule has 2 aliphatic heterocycles. The van der Waals surface area contributed by atoms with Crippen molar-refractivity contribution in [3.8, 4) is 0 Å². The van der Waals surface area contributed by atoms with E-state index in [0.29, 0.717) is 18.0 Å². The maximum atomic E-state index is 4.77. The molecule has 5 nitrogen and oxygen atoms in total. The normalized spacial score (nSPS) is 20.4. The van der Waals surface area contributed by atoms with Crippen LogP contribution in [0.2, 0.25) is 0 Å². The number of hydrogen-bond donors (Lipinski definition) is 1. The molecule has 0 spiro atoms. The molecule has 0 saturated carbocycles. The lowest BCUT2D eigenvalue weighted by molar-refractivity contribution is 0.127. The monoisotopic (exact) mass is 353 g/mol. The number of aromatic nitrogens is 2. The van der Waals surface area contributed by atoms with Crippen molar-refractivity contribution in [3.05, 3.63) is 47.7 Å². The molecular weight excluding hydrogens is 322 g/mol. The summed E-state index contributed by atoms with van der Waals surface area (Å²) in [5.41, 5.74) is 2.76. The first-order valence-corrected chi connectivity index (χ1v) is 9.97. The van der Waals surface area contributed by atoms with E-state index >= 15 is 0 Å². The fourth-order valence-corrected chi connectivity index (χ4v) is 4.29. The van der Waals surface area contributed by atoms with Gasteiger partial charge in [-0.3, -0.25) is 4.90 Å². The number of rotatable bonds is 4. The molecule has 1 unspecified atom stereocenters. The first-order valence-electron chi connectivity index (χ1n) is 9.97. The van der Waals surface area contributed by atoms with Crippen LogP contribution in [-0.4, -0.2) is 40.5 Å². The molecule has 5 heteroatoms. The number of anilines is 1. The zero-order chi connectivity index (χ0) is 18.1. The molecule has 26 heavy (non-hydrogen) atoms. The Morgan fingerprint density at radius 3 is 2.46 bits per heavy atom. The van der Waals surface area contributed by atoms with E-state index < -0.39 is 0 Å². The fraction of sp³-hybridized carbons (Fsp3) is 0.571. The second-order valence-electron chi connectivity index (χ2n) is 7.99. The molecule has 2 aliphatic rings. The van der Waals surface area contributed by atoms with Crippen molar-refractivity contribution < 1.29 is 0 Å². The van der Waals surface area contributed by atoms with Crippen molar-refractivity contribution in [2.75, 3.05) is 24.7 Å². The maximum absolute atomic E-state index is 4.77. The van der Waals surface area contributed by atoms with Gasteiger partial charge in [0.1, 0.15) is 5.82 Å². The van der Waals surface area contributed by atoms with Crippen molar-refractivity contribution in [1.29, 1.82) is 0 Å². The molecule has 140 valence electrons. The Morgan fingerprint density at radius 1 is 1.04 bits per heavy atom. The Morgan fingerprint density at radius 2 is 1.77 bits per heavy atom. The first-order chi connectivity index (χ1) is 12.6. The van der Waals surface area contributed by atoms with Gasteiger partial charge in [-0.15, -0.1) is 0 Å². The number of hydrogen-bond acceptors (Lipinski definition) is 4. The zero-order valence-electron chi connectivity index (χ0n) is 16.2. The highest BCUT2D eigenvalue weighted by molar-refractivity contribution is 5.50. The SMILES string of the molecule is CC(C)c1cnn2c1N(C1CCNCC1)CN(C(C)c1ccccc1)C2. The second kappa shape index (κ2) is 7.41. The molecule has 0 amide bonds. The molecule has 1 saturated heterocycles. The van der Waals surface area contributed by atoms with Gasteiger partial charge in [0.25, 0.3) is 0 Å². The first kappa shape index (κ1) is 17.6. The summed E-state index contributed by atoms with van der Waals surface area (Å²) in [7, 11) is 0. The maximum Gasteiger partial charge on any atom is 0.133 e. The van der Waals surface area contributed by atoms with Gasteiger partial charge >= 0.3 is 0 Å². The van der Waals surface area contributed by atoms with E-state index in [2.05, 4.69) is 77.1 Å². The van der Waals surface area contributed by atoms with Gasteiger partial charge in [-0.05, 0) is 44.3 Å². The molecule has 1 N–H and O–H groups in total. The number of fused-ring (bicyclic) bond motifs is 1. The third kappa shape index (κ3) is 3.26. The van der Waals surface area contributed by atoms with Gasteiger partial charge in [0, 0.05) is 17.6 Å². The molecule has 1 fully saturated rings. The van der Waals surface area contributed by atoms with Crippen LogP contribution < -0.4 is 10.2 Å². The quantitative estimate of drug-likeness (QED) is 0.912. The van der Waals surface area contributed by atoms with Crippen molar-refractivity contribution in [1.82, 2.24) is 20.0 Å². The molecule has 0 bridgehead atoms. The number of piperidine rings is 1. The Kier molecular flexibility index (Phi) is 5.00. The average molecular weight is 354 g/mol. The van der Waals surface area contributed by atoms with Crippen molar-refractivity contribution >= 4 is 5.82 Å². The summed E-state index contributed by atoms with van der Waals surface area (Å²) in [6.45, 7) is 10.9. The minimum atomic E-state index is 0.375. The van der Waals surface area contributed by atoms with E-state index in [1.165, 1.54) is 29.8 Å². The minimum absolute atomic E-state index is 0.375. The van der Waals surface area contributed by atoms with Crippen LogP contribution in [0.3, 0.4) is 0 Å². The molecule has 1 aromatic heterocycles. The van der Waals surface area contributed by atoms with Gasteiger partial charge in [0.2, 0.25) is 0 Å². The highest BCUT2D eigenvalue weighted by atomic mass is 15.5. The molecule has 2 aromatic rings. The average Bonchev–Trinajstić information content (AvgIpc) is 3.12.